The number of ether oxygens (including phenoxy) is 1. The molecule has 1 aliphatic carbocycles. The van der Waals surface area contributed by atoms with Crippen LogP contribution in [0.4, 0.5) is 13.2 Å². The summed E-state index contributed by atoms with van der Waals surface area (Å²) in [4.78, 5) is 22.7. The van der Waals surface area contributed by atoms with Gasteiger partial charge in [-0.25, -0.2) is 9.97 Å². The van der Waals surface area contributed by atoms with Gasteiger partial charge >= 0.3 is 6.18 Å². The maximum absolute atomic E-state index is 12.7. The van der Waals surface area contributed by atoms with Crippen molar-refractivity contribution in [3.8, 4) is 5.88 Å². The molecule has 156 valence electrons. The highest BCUT2D eigenvalue weighted by atomic mass is 35.5. The van der Waals surface area contributed by atoms with Gasteiger partial charge in [-0.05, 0) is 31.7 Å². The van der Waals surface area contributed by atoms with E-state index in [1.807, 2.05) is 0 Å². The second-order valence-corrected chi connectivity index (χ2v) is 7.74. The van der Waals surface area contributed by atoms with Crippen molar-refractivity contribution < 1.29 is 22.7 Å². The Morgan fingerprint density at radius 2 is 1.97 bits per heavy atom. The van der Waals surface area contributed by atoms with Crippen molar-refractivity contribution in [2.45, 2.75) is 43.7 Å². The van der Waals surface area contributed by atoms with Gasteiger partial charge in [-0.3, -0.25) is 9.89 Å². The molecule has 2 aromatic rings. The number of hydrogen-bond donors (Lipinski definition) is 1. The minimum atomic E-state index is -4.49. The van der Waals surface area contributed by atoms with Gasteiger partial charge in [-0.15, -0.1) is 0 Å². The number of likely N-dealkylation sites (tertiary alicyclic amines) is 1. The molecule has 11 heteroatoms. The number of alkyl halides is 3. The number of halogens is 4. The van der Waals surface area contributed by atoms with E-state index >= 15 is 0 Å². The number of nitrogens with one attached hydrogen (secondary N) is 1. The molecule has 1 saturated heterocycles. The fraction of sp³-hybridized carbons (Fsp3) is 0.556. The van der Waals surface area contributed by atoms with Crippen LogP contribution in [0.1, 0.15) is 59.5 Å². The van der Waals surface area contributed by atoms with Gasteiger partial charge in [0.2, 0.25) is 5.88 Å². The molecule has 1 aliphatic heterocycles. The van der Waals surface area contributed by atoms with Crippen LogP contribution in [0.5, 0.6) is 5.88 Å². The van der Waals surface area contributed by atoms with Crippen molar-refractivity contribution in [3.05, 3.63) is 34.5 Å². The second-order valence-electron chi connectivity index (χ2n) is 7.33. The lowest BCUT2D eigenvalue weighted by molar-refractivity contribution is -0.154. The van der Waals surface area contributed by atoms with E-state index in [-0.39, 0.29) is 28.3 Å². The van der Waals surface area contributed by atoms with E-state index in [2.05, 4.69) is 24.9 Å². The Balaban J connectivity index is 1.34. The molecular formula is C18H19ClF3N5O2. The number of carbonyl (C=O) groups is 1. The first kappa shape index (κ1) is 19.9. The average Bonchev–Trinajstić information content (AvgIpc) is 3.43. The zero-order valence-corrected chi connectivity index (χ0v) is 16.1. The lowest BCUT2D eigenvalue weighted by Crippen LogP contribution is -2.38. The molecule has 0 unspecified atom stereocenters. The van der Waals surface area contributed by atoms with Crippen LogP contribution in [0.2, 0.25) is 5.02 Å². The fourth-order valence-electron chi connectivity index (χ4n) is 3.33. The van der Waals surface area contributed by atoms with Crippen LogP contribution in [-0.4, -0.2) is 56.8 Å². The molecule has 1 amide bonds. The van der Waals surface area contributed by atoms with Gasteiger partial charge in [0.15, 0.2) is 12.4 Å². The van der Waals surface area contributed by atoms with Crippen molar-refractivity contribution >= 4 is 17.5 Å². The minimum Gasteiger partial charge on any atom is -0.467 e. The Bertz CT molecular complexity index is 892. The molecule has 0 radical (unpaired) electrons. The molecule has 0 spiro atoms. The Labute approximate surface area is 169 Å². The normalized spacial score (nSPS) is 18.1. The van der Waals surface area contributed by atoms with Gasteiger partial charge in [0.05, 0.1) is 5.56 Å². The van der Waals surface area contributed by atoms with E-state index in [0.29, 0.717) is 19.0 Å². The summed E-state index contributed by atoms with van der Waals surface area (Å²) in [7, 11) is 0. The van der Waals surface area contributed by atoms with Crippen molar-refractivity contribution in [1.82, 2.24) is 25.1 Å². The number of nitrogens with zero attached hydrogens (tertiary/aromatic N) is 4. The first-order valence-electron chi connectivity index (χ1n) is 9.37. The largest absolute Gasteiger partial charge is 0.467 e. The molecule has 2 fully saturated rings. The Hall–Kier alpha value is -2.36. The summed E-state index contributed by atoms with van der Waals surface area (Å²) >= 11 is 5.93. The summed E-state index contributed by atoms with van der Waals surface area (Å²) < 4.78 is 41.3. The van der Waals surface area contributed by atoms with Crippen LogP contribution in [-0.2, 0) is 0 Å². The molecule has 2 aliphatic rings. The van der Waals surface area contributed by atoms with Crippen LogP contribution in [0.25, 0.3) is 0 Å². The molecule has 0 aromatic carbocycles. The van der Waals surface area contributed by atoms with Gasteiger partial charge in [0.1, 0.15) is 10.8 Å². The monoisotopic (exact) mass is 429 g/mol. The third kappa shape index (κ3) is 4.80. The molecule has 1 saturated carbocycles. The summed E-state index contributed by atoms with van der Waals surface area (Å²) in [5.41, 5.74) is 0.212. The predicted octanol–water partition coefficient (Wildman–Crippen LogP) is 3.69. The number of carbonyl (C=O) groups excluding carboxylic acids is 1. The van der Waals surface area contributed by atoms with E-state index in [9.17, 15) is 18.0 Å². The summed E-state index contributed by atoms with van der Waals surface area (Å²) in [6, 6.07) is 1.28. The maximum Gasteiger partial charge on any atom is 0.422 e. The Morgan fingerprint density at radius 3 is 2.59 bits per heavy atom. The number of pyridine rings is 1. The quantitative estimate of drug-likeness (QED) is 0.783. The SMILES string of the molecule is O=C(c1cnc(OCC(F)(F)F)c(Cl)c1)N1CCC(c2nc(C3CC3)n[nH]2)CC1. The van der Waals surface area contributed by atoms with E-state index < -0.39 is 12.8 Å². The highest BCUT2D eigenvalue weighted by Crippen LogP contribution is 2.38. The molecule has 4 rings (SSSR count). The predicted molar refractivity (Wildman–Crippen MR) is 97.0 cm³/mol. The number of piperidine rings is 1. The van der Waals surface area contributed by atoms with E-state index in [4.69, 9.17) is 11.6 Å². The number of aromatic nitrogens is 4. The third-order valence-corrected chi connectivity index (χ3v) is 5.33. The third-order valence-electron chi connectivity index (χ3n) is 5.06. The summed E-state index contributed by atoms with van der Waals surface area (Å²) in [6.07, 6.45) is 0.469. The van der Waals surface area contributed by atoms with Crippen LogP contribution in [0, 0.1) is 0 Å². The Kier molecular flexibility index (Phi) is 5.37. The first-order valence-corrected chi connectivity index (χ1v) is 9.74. The molecule has 3 heterocycles. The van der Waals surface area contributed by atoms with Gasteiger partial charge < -0.3 is 9.64 Å². The van der Waals surface area contributed by atoms with Gasteiger partial charge in [-0.1, -0.05) is 11.6 Å². The average molecular weight is 430 g/mol. The highest BCUT2D eigenvalue weighted by Gasteiger charge is 2.32. The molecule has 29 heavy (non-hydrogen) atoms. The van der Waals surface area contributed by atoms with Crippen molar-refractivity contribution in [2.24, 2.45) is 0 Å². The highest BCUT2D eigenvalue weighted by molar-refractivity contribution is 6.32. The fourth-order valence-corrected chi connectivity index (χ4v) is 3.55. The van der Waals surface area contributed by atoms with Gasteiger partial charge in [-0.2, -0.15) is 18.3 Å². The lowest BCUT2D eigenvalue weighted by Gasteiger charge is -2.31. The molecule has 7 nitrogen and oxygen atoms in total. The zero-order chi connectivity index (χ0) is 20.6. The summed E-state index contributed by atoms with van der Waals surface area (Å²) in [5.74, 6) is 1.84. The van der Waals surface area contributed by atoms with Crippen molar-refractivity contribution in [1.29, 1.82) is 0 Å². The first-order chi connectivity index (χ1) is 13.8. The standard InChI is InChI=1S/C18H19ClF3N5O2/c19-13-7-12(8-23-16(13)29-9-18(20,21)22)17(28)27-5-3-11(4-6-27)15-24-14(25-26-15)10-1-2-10/h7-8,10-11H,1-6,9H2,(H,24,25,26). The van der Waals surface area contributed by atoms with E-state index in [0.717, 1.165) is 37.3 Å². The number of H-pyrrole nitrogens is 1. The van der Waals surface area contributed by atoms with Gasteiger partial charge in [0, 0.05) is 31.1 Å². The lowest BCUT2D eigenvalue weighted by atomic mass is 9.96. The van der Waals surface area contributed by atoms with Crippen molar-refractivity contribution in [2.75, 3.05) is 19.7 Å². The van der Waals surface area contributed by atoms with Crippen LogP contribution >= 0.6 is 11.6 Å². The smallest absolute Gasteiger partial charge is 0.422 e. The van der Waals surface area contributed by atoms with E-state index in [1.165, 1.54) is 12.3 Å². The number of rotatable bonds is 5. The number of aromatic amines is 1. The van der Waals surface area contributed by atoms with Crippen LogP contribution < -0.4 is 4.74 Å². The second kappa shape index (κ2) is 7.81. The summed E-state index contributed by atoms with van der Waals surface area (Å²) in [6.45, 7) is -0.426. The Morgan fingerprint density at radius 1 is 1.24 bits per heavy atom. The van der Waals surface area contributed by atoms with Crippen LogP contribution in [0.3, 0.4) is 0 Å². The molecule has 0 bridgehead atoms. The molecule has 2 aromatic heterocycles. The maximum atomic E-state index is 12.7. The molecule has 0 atom stereocenters. The van der Waals surface area contributed by atoms with Crippen molar-refractivity contribution in [3.63, 3.8) is 0 Å². The molecule has 1 N–H and O–H groups in total. The topological polar surface area (TPSA) is 84.0 Å². The number of amides is 1. The van der Waals surface area contributed by atoms with Gasteiger partial charge in [0.25, 0.3) is 5.91 Å². The number of hydrogen-bond acceptors (Lipinski definition) is 5. The van der Waals surface area contributed by atoms with Crippen LogP contribution in [0.15, 0.2) is 12.3 Å². The minimum absolute atomic E-state index is 0.135. The summed E-state index contributed by atoms with van der Waals surface area (Å²) in [5, 5.41) is 7.17. The zero-order valence-electron chi connectivity index (χ0n) is 15.4. The molecular weight excluding hydrogens is 411 g/mol. The van der Waals surface area contributed by atoms with E-state index in [1.54, 1.807) is 4.90 Å².